The lowest BCUT2D eigenvalue weighted by molar-refractivity contribution is 0.157. The van der Waals surface area contributed by atoms with Gasteiger partial charge in [-0.15, -0.1) is 0 Å². The van der Waals surface area contributed by atoms with E-state index in [2.05, 4.69) is 30.1 Å². The van der Waals surface area contributed by atoms with Gasteiger partial charge < -0.3 is 10.1 Å². The van der Waals surface area contributed by atoms with Crippen molar-refractivity contribution in [1.29, 1.82) is 0 Å². The van der Waals surface area contributed by atoms with Crippen LogP contribution in [0.2, 0.25) is 0 Å². The molecule has 0 fully saturated rings. The number of rotatable bonds is 4. The molecule has 2 rings (SSSR count). The summed E-state index contributed by atoms with van der Waals surface area (Å²) in [7, 11) is 0. The Labute approximate surface area is 104 Å². The van der Waals surface area contributed by atoms with Crippen LogP contribution in [-0.4, -0.2) is 16.2 Å². The first-order valence-electron chi connectivity index (χ1n) is 6.48. The molecule has 1 atom stereocenters. The summed E-state index contributed by atoms with van der Waals surface area (Å²) in [6.07, 6.45) is 6.14. The van der Waals surface area contributed by atoms with E-state index in [9.17, 15) is 0 Å². The lowest BCUT2D eigenvalue weighted by atomic mass is 10.1. The van der Waals surface area contributed by atoms with E-state index in [-0.39, 0.29) is 6.10 Å². The molecule has 0 saturated heterocycles. The monoisotopic (exact) mass is 233 g/mol. The number of benzene rings is 1. The number of aliphatic hydroxyl groups excluding tert-OH is 1. The quantitative estimate of drug-likeness (QED) is 0.819. The van der Waals surface area contributed by atoms with Crippen LogP contribution in [0.4, 0.5) is 0 Å². The van der Waals surface area contributed by atoms with Gasteiger partial charge >= 0.3 is 0 Å². The minimum Gasteiger partial charge on any atom is -0.393 e. The average Bonchev–Trinajstić information content (AvgIpc) is 2.85. The highest BCUT2D eigenvalue weighted by Gasteiger charge is 1.96. The van der Waals surface area contributed by atoms with Crippen molar-refractivity contribution in [2.75, 3.05) is 0 Å². The van der Waals surface area contributed by atoms with Crippen molar-refractivity contribution in [1.82, 2.24) is 4.98 Å². The molecule has 0 spiro atoms. The number of H-pyrrole nitrogens is 1. The van der Waals surface area contributed by atoms with Crippen molar-refractivity contribution in [3.05, 3.63) is 36.5 Å². The van der Waals surface area contributed by atoms with Crippen molar-refractivity contribution in [3.8, 4) is 0 Å². The van der Waals surface area contributed by atoms with Crippen molar-refractivity contribution in [2.24, 2.45) is 0 Å². The first-order chi connectivity index (χ1) is 8.27. The Morgan fingerprint density at radius 1 is 1.18 bits per heavy atom. The highest BCUT2D eigenvalue weighted by atomic mass is 16.3. The lowest BCUT2D eigenvalue weighted by Gasteiger charge is -2.03. The van der Waals surface area contributed by atoms with Gasteiger partial charge in [0.1, 0.15) is 0 Å². The number of aliphatic hydroxyl groups is 1. The molecule has 2 N–H and O–H groups in total. The molecule has 0 saturated carbocycles. The molecule has 1 unspecified atom stereocenters. The number of nitrogens with one attached hydrogen (secondary N) is 1. The van der Waals surface area contributed by atoms with Crippen LogP contribution < -0.4 is 0 Å². The first kappa shape index (κ1) is 13.8. The number of aromatic amines is 1. The number of hydrogen-bond acceptors (Lipinski definition) is 1. The van der Waals surface area contributed by atoms with Gasteiger partial charge in [0.2, 0.25) is 0 Å². The van der Waals surface area contributed by atoms with Gasteiger partial charge in [-0.2, -0.15) is 0 Å². The van der Waals surface area contributed by atoms with Crippen LogP contribution in [0.5, 0.6) is 0 Å². The number of fused-ring (bicyclic) bond motifs is 1. The molecule has 1 aromatic carbocycles. The Kier molecular flexibility index (Phi) is 6.41. The van der Waals surface area contributed by atoms with E-state index in [0.29, 0.717) is 0 Å². The standard InChI is InChI=1S/C8H7N.C7H16O/c1-2-4-8-7(3-1)5-6-9-8;1-3-5-6-7(8)4-2/h1-6,9H;7-8H,3-6H2,1-2H3. The summed E-state index contributed by atoms with van der Waals surface area (Å²) in [5.41, 5.74) is 1.21. The second kappa shape index (κ2) is 7.91. The molecule has 2 aromatic rings. The molecular weight excluding hydrogens is 210 g/mol. The molecule has 0 aliphatic carbocycles. The van der Waals surface area contributed by atoms with Crippen LogP contribution >= 0.6 is 0 Å². The number of hydrogen-bond donors (Lipinski definition) is 2. The summed E-state index contributed by atoms with van der Waals surface area (Å²) in [4.78, 5) is 3.12. The average molecular weight is 233 g/mol. The molecule has 0 bridgehead atoms. The molecule has 94 valence electrons. The van der Waals surface area contributed by atoms with Gasteiger partial charge in [-0.05, 0) is 30.4 Å². The third-order valence-corrected chi connectivity index (χ3v) is 2.82. The third kappa shape index (κ3) is 5.05. The fraction of sp³-hybridized carbons (Fsp3) is 0.467. The van der Waals surface area contributed by atoms with Gasteiger partial charge in [0.25, 0.3) is 0 Å². The lowest BCUT2D eigenvalue weighted by Crippen LogP contribution is -2.02. The largest absolute Gasteiger partial charge is 0.393 e. The minimum atomic E-state index is -0.0463. The molecular formula is C15H23NO. The fourth-order valence-electron chi connectivity index (χ4n) is 1.64. The van der Waals surface area contributed by atoms with Gasteiger partial charge in [-0.1, -0.05) is 44.9 Å². The summed E-state index contributed by atoms with van der Waals surface area (Å²) in [6, 6.07) is 10.3. The molecule has 17 heavy (non-hydrogen) atoms. The molecule has 1 heterocycles. The van der Waals surface area contributed by atoms with Crippen LogP contribution in [0.1, 0.15) is 39.5 Å². The smallest absolute Gasteiger partial charge is 0.0537 e. The Balaban J connectivity index is 0.000000172. The van der Waals surface area contributed by atoms with Crippen molar-refractivity contribution >= 4 is 10.9 Å². The van der Waals surface area contributed by atoms with E-state index >= 15 is 0 Å². The maximum absolute atomic E-state index is 8.99. The van der Waals surface area contributed by atoms with Gasteiger partial charge in [0.05, 0.1) is 6.10 Å². The van der Waals surface area contributed by atoms with E-state index in [1.165, 1.54) is 17.3 Å². The highest BCUT2D eigenvalue weighted by molar-refractivity contribution is 5.78. The fourth-order valence-corrected chi connectivity index (χ4v) is 1.64. The Hall–Kier alpha value is -1.28. The Morgan fingerprint density at radius 3 is 2.59 bits per heavy atom. The van der Waals surface area contributed by atoms with Crippen LogP contribution in [0, 0.1) is 0 Å². The molecule has 0 radical (unpaired) electrons. The number of aromatic nitrogens is 1. The van der Waals surface area contributed by atoms with Gasteiger partial charge in [0.15, 0.2) is 0 Å². The van der Waals surface area contributed by atoms with Gasteiger partial charge in [0, 0.05) is 11.7 Å². The van der Waals surface area contributed by atoms with E-state index < -0.39 is 0 Å². The van der Waals surface area contributed by atoms with E-state index in [1.54, 1.807) is 0 Å². The molecule has 2 heteroatoms. The minimum absolute atomic E-state index is 0.0463. The van der Waals surface area contributed by atoms with E-state index in [0.717, 1.165) is 19.3 Å². The zero-order valence-corrected chi connectivity index (χ0v) is 10.8. The molecule has 2 nitrogen and oxygen atoms in total. The van der Waals surface area contributed by atoms with Crippen LogP contribution in [-0.2, 0) is 0 Å². The van der Waals surface area contributed by atoms with Crippen LogP contribution in [0.15, 0.2) is 36.5 Å². The summed E-state index contributed by atoms with van der Waals surface area (Å²) < 4.78 is 0. The summed E-state index contributed by atoms with van der Waals surface area (Å²) in [5.74, 6) is 0. The molecule has 1 aromatic heterocycles. The predicted octanol–water partition coefficient (Wildman–Crippen LogP) is 4.12. The second-order valence-electron chi connectivity index (χ2n) is 4.27. The van der Waals surface area contributed by atoms with Crippen molar-refractivity contribution in [2.45, 2.75) is 45.6 Å². The molecule has 0 amide bonds. The van der Waals surface area contributed by atoms with E-state index in [4.69, 9.17) is 5.11 Å². The summed E-state index contributed by atoms with van der Waals surface area (Å²) in [5, 5.41) is 10.3. The van der Waals surface area contributed by atoms with Crippen molar-refractivity contribution < 1.29 is 5.11 Å². The zero-order valence-electron chi connectivity index (χ0n) is 10.8. The maximum Gasteiger partial charge on any atom is 0.0537 e. The SMILES string of the molecule is CCCCC(O)CC.c1ccc2[nH]ccc2c1. The van der Waals surface area contributed by atoms with Crippen LogP contribution in [0.3, 0.4) is 0 Å². The zero-order chi connectivity index (χ0) is 12.5. The topological polar surface area (TPSA) is 36.0 Å². The second-order valence-corrected chi connectivity index (χ2v) is 4.27. The third-order valence-electron chi connectivity index (χ3n) is 2.82. The first-order valence-corrected chi connectivity index (χ1v) is 6.48. The van der Waals surface area contributed by atoms with E-state index in [1.807, 2.05) is 25.3 Å². The Morgan fingerprint density at radius 2 is 1.94 bits per heavy atom. The maximum atomic E-state index is 8.99. The van der Waals surface area contributed by atoms with Crippen molar-refractivity contribution in [3.63, 3.8) is 0 Å². The summed E-state index contributed by atoms with van der Waals surface area (Å²) >= 11 is 0. The highest BCUT2D eigenvalue weighted by Crippen LogP contribution is 2.09. The summed E-state index contributed by atoms with van der Waals surface area (Å²) in [6.45, 7) is 4.16. The number of para-hydroxylation sites is 1. The normalized spacial score (nSPS) is 11.9. The molecule has 0 aliphatic heterocycles. The molecule has 0 aliphatic rings. The Bertz CT molecular complexity index is 378. The van der Waals surface area contributed by atoms with Gasteiger partial charge in [-0.3, -0.25) is 0 Å². The predicted molar refractivity (Wildman–Crippen MR) is 74.1 cm³/mol. The van der Waals surface area contributed by atoms with Gasteiger partial charge in [-0.25, -0.2) is 0 Å². The van der Waals surface area contributed by atoms with Crippen LogP contribution in [0.25, 0.3) is 10.9 Å². The number of unbranched alkanes of at least 4 members (excludes halogenated alkanes) is 1.